The van der Waals surface area contributed by atoms with Gasteiger partial charge >= 0.3 is 0 Å². The van der Waals surface area contributed by atoms with Crippen LogP contribution in [0.4, 0.5) is 0 Å². The molecule has 0 unspecified atom stereocenters. The topological polar surface area (TPSA) is 24.7 Å². The van der Waals surface area contributed by atoms with Gasteiger partial charge < -0.3 is 0 Å². The Hall–Kier alpha value is -2.65. The first-order chi connectivity index (χ1) is 12.3. The Balaban J connectivity index is 1.83. The fourth-order valence-electron chi connectivity index (χ4n) is 3.09. The van der Waals surface area contributed by atoms with Crippen LogP contribution in [-0.2, 0) is 5.54 Å². The Labute approximate surface area is 152 Å². The van der Waals surface area contributed by atoms with Crippen molar-refractivity contribution in [3.05, 3.63) is 102 Å². The summed E-state index contributed by atoms with van der Waals surface area (Å²) in [6.07, 6.45) is 4.05. The third-order valence-corrected chi connectivity index (χ3v) is 5.18. The Kier molecular flexibility index (Phi) is 4.24. The molecule has 1 aliphatic rings. The van der Waals surface area contributed by atoms with Gasteiger partial charge in [-0.2, -0.15) is 0 Å². The molecule has 3 aromatic carbocycles. The zero-order valence-corrected chi connectivity index (χ0v) is 14.8. The SMILES string of the molecule is CSc1ccc(C2=NC(c3ccccc3)(c3ccccc3)C=N2)cc1. The maximum Gasteiger partial charge on any atom is 0.155 e. The van der Waals surface area contributed by atoms with E-state index < -0.39 is 5.54 Å². The molecule has 0 N–H and O–H groups in total. The molecule has 1 aliphatic heterocycles. The number of nitrogens with zero attached hydrogens (tertiary/aromatic N) is 2. The van der Waals surface area contributed by atoms with E-state index in [4.69, 9.17) is 4.99 Å². The standard InChI is InChI=1S/C22H18N2S/c1-25-20-14-12-17(13-15-20)21-23-16-22(24-21,18-8-4-2-5-9-18)19-10-6-3-7-11-19/h2-16H,1H3. The summed E-state index contributed by atoms with van der Waals surface area (Å²) in [5.74, 6) is 0.778. The van der Waals surface area contributed by atoms with Crippen LogP contribution in [0.5, 0.6) is 0 Å². The Morgan fingerprint density at radius 1 is 0.720 bits per heavy atom. The number of thioether (sulfide) groups is 1. The third-order valence-electron chi connectivity index (χ3n) is 4.43. The molecule has 0 spiro atoms. The highest BCUT2D eigenvalue weighted by Crippen LogP contribution is 2.36. The van der Waals surface area contributed by atoms with Crippen LogP contribution >= 0.6 is 11.8 Å². The van der Waals surface area contributed by atoms with E-state index in [0.29, 0.717) is 0 Å². The number of hydrogen-bond donors (Lipinski definition) is 0. The molecule has 0 saturated heterocycles. The molecule has 25 heavy (non-hydrogen) atoms. The molecule has 0 aliphatic carbocycles. The van der Waals surface area contributed by atoms with Crippen LogP contribution < -0.4 is 0 Å². The first-order valence-electron chi connectivity index (χ1n) is 8.22. The minimum absolute atomic E-state index is 0.559. The summed E-state index contributed by atoms with van der Waals surface area (Å²) < 4.78 is 0. The third kappa shape index (κ3) is 2.92. The molecule has 0 saturated carbocycles. The monoisotopic (exact) mass is 342 g/mol. The quantitative estimate of drug-likeness (QED) is 0.599. The first kappa shape index (κ1) is 15.9. The highest BCUT2D eigenvalue weighted by atomic mass is 32.2. The zero-order chi connectivity index (χ0) is 17.1. The van der Waals surface area contributed by atoms with Crippen LogP contribution in [0.2, 0.25) is 0 Å². The highest BCUT2D eigenvalue weighted by Gasteiger charge is 2.36. The lowest BCUT2D eigenvalue weighted by molar-refractivity contribution is 0.762. The van der Waals surface area contributed by atoms with Gasteiger partial charge in [0.15, 0.2) is 5.84 Å². The molecular formula is C22H18N2S. The normalized spacial score (nSPS) is 15.2. The van der Waals surface area contributed by atoms with Gasteiger partial charge in [-0.15, -0.1) is 11.8 Å². The van der Waals surface area contributed by atoms with Crippen molar-refractivity contribution in [2.24, 2.45) is 9.98 Å². The van der Waals surface area contributed by atoms with Crippen molar-refractivity contribution in [3.8, 4) is 0 Å². The van der Waals surface area contributed by atoms with E-state index in [0.717, 1.165) is 22.5 Å². The van der Waals surface area contributed by atoms with Crippen LogP contribution in [0, 0.1) is 0 Å². The van der Waals surface area contributed by atoms with Crippen molar-refractivity contribution in [2.45, 2.75) is 10.4 Å². The second kappa shape index (κ2) is 6.69. The number of rotatable bonds is 4. The van der Waals surface area contributed by atoms with E-state index in [9.17, 15) is 0 Å². The van der Waals surface area contributed by atoms with Crippen molar-refractivity contribution in [2.75, 3.05) is 6.26 Å². The number of aliphatic imine (C=N–C) groups is 2. The van der Waals surface area contributed by atoms with Crippen LogP contribution in [-0.4, -0.2) is 18.3 Å². The Morgan fingerprint density at radius 2 is 1.28 bits per heavy atom. The molecule has 2 nitrogen and oxygen atoms in total. The maximum absolute atomic E-state index is 5.07. The smallest absolute Gasteiger partial charge is 0.155 e. The van der Waals surface area contributed by atoms with Crippen LogP contribution in [0.25, 0.3) is 0 Å². The molecule has 0 bridgehead atoms. The Morgan fingerprint density at radius 3 is 1.80 bits per heavy atom. The summed E-state index contributed by atoms with van der Waals surface area (Å²) in [5.41, 5.74) is 2.74. The molecule has 0 amide bonds. The molecule has 1 heterocycles. The van der Waals surface area contributed by atoms with Crippen molar-refractivity contribution in [1.82, 2.24) is 0 Å². The molecule has 0 fully saturated rings. The van der Waals surface area contributed by atoms with Crippen LogP contribution in [0.1, 0.15) is 16.7 Å². The summed E-state index contributed by atoms with van der Waals surface area (Å²) >= 11 is 1.74. The van der Waals surface area contributed by atoms with Gasteiger partial charge in [-0.25, -0.2) is 9.98 Å². The minimum Gasteiger partial charge on any atom is -0.244 e. The second-order valence-corrected chi connectivity index (χ2v) is 6.80. The van der Waals surface area contributed by atoms with Crippen molar-refractivity contribution < 1.29 is 0 Å². The predicted molar refractivity (Wildman–Crippen MR) is 107 cm³/mol. The largest absolute Gasteiger partial charge is 0.244 e. The van der Waals surface area contributed by atoms with E-state index in [1.165, 1.54) is 4.90 Å². The average molecular weight is 342 g/mol. The summed E-state index contributed by atoms with van der Waals surface area (Å²) in [6.45, 7) is 0. The van der Waals surface area contributed by atoms with Crippen LogP contribution in [0.15, 0.2) is 99.8 Å². The number of benzene rings is 3. The molecule has 3 aromatic rings. The lowest BCUT2D eigenvalue weighted by Gasteiger charge is -2.24. The van der Waals surface area contributed by atoms with Gasteiger partial charge in [-0.3, -0.25) is 0 Å². The Bertz CT molecular complexity index is 874. The average Bonchev–Trinajstić information content (AvgIpc) is 3.16. The van der Waals surface area contributed by atoms with E-state index in [2.05, 4.69) is 84.0 Å². The summed E-state index contributed by atoms with van der Waals surface area (Å²) in [7, 11) is 0. The van der Waals surface area contributed by atoms with Crippen molar-refractivity contribution >= 4 is 23.8 Å². The van der Waals surface area contributed by atoms with Gasteiger partial charge in [-0.05, 0) is 29.5 Å². The van der Waals surface area contributed by atoms with Crippen LogP contribution in [0.3, 0.4) is 0 Å². The van der Waals surface area contributed by atoms with Gasteiger partial charge in [0, 0.05) is 16.7 Å². The molecule has 0 radical (unpaired) electrons. The van der Waals surface area contributed by atoms with Gasteiger partial charge in [0.25, 0.3) is 0 Å². The lowest BCUT2D eigenvalue weighted by Crippen LogP contribution is -2.25. The minimum atomic E-state index is -0.559. The van der Waals surface area contributed by atoms with E-state index in [1.54, 1.807) is 11.8 Å². The van der Waals surface area contributed by atoms with Gasteiger partial charge in [0.1, 0.15) is 5.54 Å². The summed E-state index contributed by atoms with van der Waals surface area (Å²) in [4.78, 5) is 11.0. The fourth-order valence-corrected chi connectivity index (χ4v) is 3.50. The van der Waals surface area contributed by atoms with Gasteiger partial charge in [0.05, 0.1) is 0 Å². The van der Waals surface area contributed by atoms with E-state index in [1.807, 2.05) is 18.3 Å². The van der Waals surface area contributed by atoms with Gasteiger partial charge in [0.2, 0.25) is 0 Å². The molecule has 0 atom stereocenters. The first-order valence-corrected chi connectivity index (χ1v) is 9.45. The maximum atomic E-state index is 5.07. The van der Waals surface area contributed by atoms with E-state index in [-0.39, 0.29) is 0 Å². The lowest BCUT2D eigenvalue weighted by atomic mass is 9.85. The zero-order valence-electron chi connectivity index (χ0n) is 14.0. The fraction of sp³-hybridized carbons (Fsp3) is 0.0909. The van der Waals surface area contributed by atoms with Crippen molar-refractivity contribution in [3.63, 3.8) is 0 Å². The number of hydrogen-bond acceptors (Lipinski definition) is 3. The van der Waals surface area contributed by atoms with Gasteiger partial charge in [-0.1, -0.05) is 72.8 Å². The summed E-state index contributed by atoms with van der Waals surface area (Å²) in [5, 5.41) is 0. The predicted octanol–water partition coefficient (Wildman–Crippen LogP) is 5.18. The molecule has 3 heteroatoms. The van der Waals surface area contributed by atoms with Crippen molar-refractivity contribution in [1.29, 1.82) is 0 Å². The molecular weight excluding hydrogens is 324 g/mol. The number of amidine groups is 1. The molecule has 4 rings (SSSR count). The second-order valence-electron chi connectivity index (χ2n) is 5.92. The highest BCUT2D eigenvalue weighted by molar-refractivity contribution is 7.98. The summed E-state index contributed by atoms with van der Waals surface area (Å²) in [6, 6.07) is 29.1. The molecule has 0 aromatic heterocycles. The molecule has 122 valence electrons. The van der Waals surface area contributed by atoms with E-state index >= 15 is 0 Å².